The molecule has 1 aliphatic heterocycles. The highest BCUT2D eigenvalue weighted by molar-refractivity contribution is 5.92. The maximum atomic E-state index is 12.2. The standard InChI is InChI=1S/C18H25N3O5/c1-3-26-18(23)14-6-5-10-20(12-14)11-9-17(22)19-15-7-4-8-16(13(15)2)21(24)25/h4,7-8,14H,3,5-6,9-12H2,1-2H3,(H,19,22). The number of nitro groups is 1. The van der Waals surface area contributed by atoms with Crippen molar-refractivity contribution in [2.75, 3.05) is 31.6 Å². The lowest BCUT2D eigenvalue weighted by Gasteiger charge is -2.31. The van der Waals surface area contributed by atoms with E-state index in [1.54, 1.807) is 26.0 Å². The van der Waals surface area contributed by atoms with Gasteiger partial charge in [0.1, 0.15) is 0 Å². The number of hydrogen-bond donors (Lipinski definition) is 1. The number of nitro benzene ring substituents is 1. The Labute approximate surface area is 152 Å². The van der Waals surface area contributed by atoms with E-state index in [1.165, 1.54) is 6.07 Å². The number of ether oxygens (including phenoxy) is 1. The molecule has 1 aliphatic rings. The van der Waals surface area contributed by atoms with Crippen LogP contribution in [0, 0.1) is 23.0 Å². The number of likely N-dealkylation sites (tertiary alicyclic amines) is 1. The van der Waals surface area contributed by atoms with Crippen molar-refractivity contribution in [1.29, 1.82) is 0 Å². The van der Waals surface area contributed by atoms with Gasteiger partial charge < -0.3 is 15.0 Å². The van der Waals surface area contributed by atoms with Crippen LogP contribution in [0.15, 0.2) is 18.2 Å². The molecule has 1 amide bonds. The average molecular weight is 363 g/mol. The highest BCUT2D eigenvalue weighted by Gasteiger charge is 2.27. The lowest BCUT2D eigenvalue weighted by molar-refractivity contribution is -0.385. The first-order valence-electron chi connectivity index (χ1n) is 8.85. The van der Waals surface area contributed by atoms with Crippen molar-refractivity contribution in [3.05, 3.63) is 33.9 Å². The van der Waals surface area contributed by atoms with E-state index in [0.717, 1.165) is 19.4 Å². The molecule has 0 bridgehead atoms. The van der Waals surface area contributed by atoms with Crippen molar-refractivity contribution in [1.82, 2.24) is 4.90 Å². The summed E-state index contributed by atoms with van der Waals surface area (Å²) in [5, 5.41) is 13.7. The molecule has 1 N–H and O–H groups in total. The minimum Gasteiger partial charge on any atom is -0.466 e. The predicted molar refractivity (Wildman–Crippen MR) is 96.9 cm³/mol. The number of nitrogens with zero attached hydrogens (tertiary/aromatic N) is 2. The van der Waals surface area contributed by atoms with E-state index >= 15 is 0 Å². The third kappa shape index (κ3) is 5.26. The first-order chi connectivity index (χ1) is 12.4. The molecule has 1 heterocycles. The predicted octanol–water partition coefficient (Wildman–Crippen LogP) is 2.51. The monoisotopic (exact) mass is 363 g/mol. The summed E-state index contributed by atoms with van der Waals surface area (Å²) in [6.07, 6.45) is 1.97. The summed E-state index contributed by atoms with van der Waals surface area (Å²) in [5.74, 6) is -0.508. The molecule has 8 nitrogen and oxygen atoms in total. The Morgan fingerprint density at radius 3 is 2.88 bits per heavy atom. The van der Waals surface area contributed by atoms with Crippen molar-refractivity contribution in [2.45, 2.75) is 33.1 Å². The molecule has 0 radical (unpaired) electrons. The third-order valence-electron chi connectivity index (χ3n) is 4.56. The van der Waals surface area contributed by atoms with Crippen LogP contribution < -0.4 is 5.32 Å². The second kappa shape index (κ2) is 9.28. The molecule has 1 fully saturated rings. The summed E-state index contributed by atoms with van der Waals surface area (Å²) in [6.45, 7) is 5.76. The number of rotatable bonds is 7. The zero-order valence-electron chi connectivity index (χ0n) is 15.2. The summed E-state index contributed by atoms with van der Waals surface area (Å²) in [4.78, 5) is 36.7. The second-order valence-corrected chi connectivity index (χ2v) is 6.40. The summed E-state index contributed by atoms with van der Waals surface area (Å²) < 4.78 is 5.08. The quantitative estimate of drug-likeness (QED) is 0.454. The summed E-state index contributed by atoms with van der Waals surface area (Å²) in [6, 6.07) is 4.61. The Hall–Kier alpha value is -2.48. The van der Waals surface area contributed by atoms with Crippen molar-refractivity contribution in [3.8, 4) is 0 Å². The fraction of sp³-hybridized carbons (Fsp3) is 0.556. The number of carbonyl (C=O) groups excluding carboxylic acids is 2. The van der Waals surface area contributed by atoms with Crippen LogP contribution in [-0.2, 0) is 14.3 Å². The number of esters is 1. The maximum absolute atomic E-state index is 12.2. The van der Waals surface area contributed by atoms with Crippen LogP contribution in [-0.4, -0.2) is 47.9 Å². The lowest BCUT2D eigenvalue weighted by atomic mass is 9.98. The van der Waals surface area contributed by atoms with Gasteiger partial charge in [0.05, 0.1) is 28.7 Å². The van der Waals surface area contributed by atoms with Crippen LogP contribution in [0.3, 0.4) is 0 Å². The molecule has 1 aromatic rings. The fourth-order valence-corrected chi connectivity index (χ4v) is 3.14. The van der Waals surface area contributed by atoms with Gasteiger partial charge in [-0.1, -0.05) is 6.07 Å². The molecule has 142 valence electrons. The summed E-state index contributed by atoms with van der Waals surface area (Å²) >= 11 is 0. The second-order valence-electron chi connectivity index (χ2n) is 6.40. The molecule has 0 saturated carbocycles. The van der Waals surface area contributed by atoms with E-state index in [-0.39, 0.29) is 29.9 Å². The maximum Gasteiger partial charge on any atom is 0.310 e. The highest BCUT2D eigenvalue weighted by Crippen LogP contribution is 2.25. The van der Waals surface area contributed by atoms with Crippen molar-refractivity contribution in [2.24, 2.45) is 5.92 Å². The number of nitrogens with one attached hydrogen (secondary N) is 1. The average Bonchev–Trinajstić information content (AvgIpc) is 2.62. The van der Waals surface area contributed by atoms with Gasteiger partial charge in [0.15, 0.2) is 0 Å². The number of hydrogen-bond acceptors (Lipinski definition) is 6. The number of anilines is 1. The Morgan fingerprint density at radius 1 is 1.42 bits per heavy atom. The number of amides is 1. The topological polar surface area (TPSA) is 102 Å². The zero-order valence-corrected chi connectivity index (χ0v) is 15.2. The Morgan fingerprint density at radius 2 is 2.19 bits per heavy atom. The molecular formula is C18H25N3O5. The molecule has 0 spiro atoms. The summed E-state index contributed by atoms with van der Waals surface area (Å²) in [5.41, 5.74) is 0.870. The van der Waals surface area contributed by atoms with Crippen LogP contribution in [0.5, 0.6) is 0 Å². The molecule has 8 heteroatoms. The van der Waals surface area contributed by atoms with E-state index in [4.69, 9.17) is 4.74 Å². The van der Waals surface area contributed by atoms with Crippen LogP contribution in [0.25, 0.3) is 0 Å². The Kier molecular flexibility index (Phi) is 7.08. The largest absolute Gasteiger partial charge is 0.466 e. The van der Waals surface area contributed by atoms with E-state index in [9.17, 15) is 19.7 Å². The van der Waals surface area contributed by atoms with Gasteiger partial charge in [-0.3, -0.25) is 19.7 Å². The van der Waals surface area contributed by atoms with Crippen molar-refractivity contribution < 1.29 is 19.2 Å². The molecule has 2 rings (SSSR count). The minimum atomic E-state index is -0.464. The molecule has 1 aromatic carbocycles. The molecule has 1 atom stereocenters. The molecule has 1 unspecified atom stereocenters. The Balaban J connectivity index is 1.86. The normalized spacial score (nSPS) is 17.5. The zero-order chi connectivity index (χ0) is 19.1. The number of benzene rings is 1. The van der Waals surface area contributed by atoms with Gasteiger partial charge in [-0.25, -0.2) is 0 Å². The fourth-order valence-electron chi connectivity index (χ4n) is 3.14. The third-order valence-corrected chi connectivity index (χ3v) is 4.56. The lowest BCUT2D eigenvalue weighted by Crippen LogP contribution is -2.40. The van der Waals surface area contributed by atoms with Gasteiger partial charge in [0, 0.05) is 25.6 Å². The highest BCUT2D eigenvalue weighted by atomic mass is 16.6. The van der Waals surface area contributed by atoms with Crippen LogP contribution in [0.2, 0.25) is 0 Å². The van der Waals surface area contributed by atoms with Gasteiger partial charge in [0.25, 0.3) is 5.69 Å². The van der Waals surface area contributed by atoms with Crippen LogP contribution >= 0.6 is 0 Å². The Bertz CT molecular complexity index is 677. The first-order valence-corrected chi connectivity index (χ1v) is 8.85. The molecule has 0 aliphatic carbocycles. The smallest absolute Gasteiger partial charge is 0.310 e. The molecular weight excluding hydrogens is 338 g/mol. The van der Waals surface area contributed by atoms with Gasteiger partial charge in [-0.05, 0) is 39.3 Å². The molecule has 26 heavy (non-hydrogen) atoms. The number of carbonyl (C=O) groups is 2. The van der Waals surface area contributed by atoms with E-state index < -0.39 is 4.92 Å². The van der Waals surface area contributed by atoms with Gasteiger partial charge >= 0.3 is 5.97 Å². The molecule has 0 aromatic heterocycles. The van der Waals surface area contributed by atoms with Gasteiger partial charge in [-0.15, -0.1) is 0 Å². The van der Waals surface area contributed by atoms with Crippen molar-refractivity contribution >= 4 is 23.3 Å². The van der Waals surface area contributed by atoms with Crippen LogP contribution in [0.1, 0.15) is 31.7 Å². The SMILES string of the molecule is CCOC(=O)C1CCCN(CCC(=O)Nc2cccc([N+](=O)[O-])c2C)C1. The van der Waals surface area contributed by atoms with E-state index in [2.05, 4.69) is 10.2 Å². The summed E-state index contributed by atoms with van der Waals surface area (Å²) in [7, 11) is 0. The van der Waals surface area contributed by atoms with Crippen LogP contribution in [0.4, 0.5) is 11.4 Å². The van der Waals surface area contributed by atoms with Gasteiger partial charge in [0.2, 0.25) is 5.91 Å². The minimum absolute atomic E-state index is 0.0175. The molecule has 1 saturated heterocycles. The first kappa shape index (κ1) is 19.8. The van der Waals surface area contributed by atoms with E-state index in [0.29, 0.717) is 30.9 Å². The van der Waals surface area contributed by atoms with E-state index in [1.807, 2.05) is 0 Å². The van der Waals surface area contributed by atoms with Crippen molar-refractivity contribution in [3.63, 3.8) is 0 Å². The van der Waals surface area contributed by atoms with Gasteiger partial charge in [-0.2, -0.15) is 0 Å². The number of piperidine rings is 1.